The van der Waals surface area contributed by atoms with E-state index in [1.165, 1.54) is 6.07 Å². The zero-order valence-corrected chi connectivity index (χ0v) is 30.3. The van der Waals surface area contributed by atoms with Crippen LogP contribution < -0.4 is 0 Å². The van der Waals surface area contributed by atoms with Crippen molar-refractivity contribution < 1.29 is 34.4 Å². The lowest BCUT2D eigenvalue weighted by molar-refractivity contribution is -0.231. The van der Waals surface area contributed by atoms with E-state index in [9.17, 15) is 14.6 Å². The van der Waals surface area contributed by atoms with Crippen LogP contribution in [0.4, 0.5) is 8.78 Å². The molecule has 3 fully saturated rings. The molecule has 2 unspecified atom stereocenters. The molecule has 6 aliphatic rings. The van der Waals surface area contributed by atoms with Crippen molar-refractivity contribution in [3.63, 3.8) is 0 Å². The first kappa shape index (κ1) is 32.4. The normalized spacial score (nSPS) is 37.7. The van der Waals surface area contributed by atoms with Crippen LogP contribution in [0.15, 0.2) is 76.4 Å². The third-order valence-corrected chi connectivity index (χ3v) is 13.7. The highest BCUT2D eigenvalue weighted by Gasteiger charge is 2.80. The minimum Gasteiger partial charge on any atom is -0.385 e. The Morgan fingerprint density at radius 3 is 2.55 bits per heavy atom. The van der Waals surface area contributed by atoms with Crippen LogP contribution in [-0.2, 0) is 26.4 Å². The Bertz CT molecular complexity index is 2310. The summed E-state index contributed by atoms with van der Waals surface area (Å²) in [5, 5.41) is 29.4. The fourth-order valence-electron chi connectivity index (χ4n) is 11.5. The maximum atomic E-state index is 15.4. The van der Waals surface area contributed by atoms with Crippen LogP contribution >= 0.6 is 0 Å². The molecule has 1 saturated carbocycles. The molecule has 0 radical (unpaired) electrons. The van der Waals surface area contributed by atoms with Crippen LogP contribution in [0, 0.1) is 36.8 Å². The fraction of sp³-hybridized carbons (Fsp3) is 0.476. The number of likely N-dealkylation sites (tertiary alicyclic amines) is 1. The SMILES string of the molecule is [2H]C1CCC(OC)(n2c([C@]34OC5(c6ccc(F)c(F)c6)C6=C(C=CC5O)C[C@@H]5[C@H](C=C[C@@H]3O)[C@@]64CCN5C)nc3cc(-c4c(C)noc4C)ccc32)CC1. The van der Waals surface area contributed by atoms with Crippen molar-refractivity contribution in [3.8, 4) is 11.1 Å². The van der Waals surface area contributed by atoms with Gasteiger partial charge in [0.25, 0.3) is 0 Å². The second-order valence-electron chi connectivity index (χ2n) is 15.9. The highest BCUT2D eigenvalue weighted by molar-refractivity contribution is 5.84. The quantitative estimate of drug-likeness (QED) is 0.216. The topological polar surface area (TPSA) is 106 Å². The van der Waals surface area contributed by atoms with Gasteiger partial charge in [-0.05, 0) is 113 Å². The molecule has 11 heteroatoms. The predicted molar refractivity (Wildman–Crippen MR) is 192 cm³/mol. The number of aliphatic hydroxyl groups excluding tert-OH is 2. The van der Waals surface area contributed by atoms with Gasteiger partial charge in [-0.1, -0.05) is 48.0 Å². The van der Waals surface area contributed by atoms with E-state index in [-0.39, 0.29) is 23.9 Å². The second-order valence-corrected chi connectivity index (χ2v) is 15.9. The van der Waals surface area contributed by atoms with Crippen LogP contribution in [-0.4, -0.2) is 68.8 Å². The number of hydrogen-bond donors (Lipinski definition) is 2. The zero-order chi connectivity index (χ0) is 37.5. The zero-order valence-electron chi connectivity index (χ0n) is 31.3. The number of allylic oxidation sites excluding steroid dienone is 1. The molecule has 276 valence electrons. The van der Waals surface area contributed by atoms with Crippen molar-refractivity contribution in [1.29, 1.82) is 0 Å². The van der Waals surface area contributed by atoms with Gasteiger partial charge in [0, 0.05) is 31.4 Å². The molecule has 2 bridgehead atoms. The van der Waals surface area contributed by atoms with E-state index in [0.29, 0.717) is 62.2 Å². The number of aromatic nitrogens is 3. The van der Waals surface area contributed by atoms with Crippen molar-refractivity contribution >= 4 is 11.0 Å². The van der Waals surface area contributed by atoms with E-state index >= 15 is 4.39 Å². The third kappa shape index (κ3) is 4.02. The Labute approximate surface area is 308 Å². The molecule has 7 atom stereocenters. The average molecular weight is 724 g/mol. The Morgan fingerprint density at radius 1 is 1.00 bits per heavy atom. The summed E-state index contributed by atoms with van der Waals surface area (Å²) in [4.78, 5) is 7.87. The smallest absolute Gasteiger partial charge is 0.167 e. The Balaban J connectivity index is 1.33. The van der Waals surface area contributed by atoms with Gasteiger partial charge in [0.05, 0.1) is 16.7 Å². The van der Waals surface area contributed by atoms with E-state index in [1.54, 1.807) is 19.3 Å². The van der Waals surface area contributed by atoms with Gasteiger partial charge in [0.1, 0.15) is 35.1 Å². The van der Waals surface area contributed by atoms with Crippen LogP contribution in [0.2, 0.25) is 0 Å². The van der Waals surface area contributed by atoms with Crippen LogP contribution in [0.25, 0.3) is 22.2 Å². The molecule has 1 spiro atoms. The lowest BCUT2D eigenvalue weighted by Gasteiger charge is -2.61. The van der Waals surface area contributed by atoms with Gasteiger partial charge in [-0.3, -0.25) is 4.57 Å². The maximum absolute atomic E-state index is 15.4. The largest absolute Gasteiger partial charge is 0.385 e. The summed E-state index contributed by atoms with van der Waals surface area (Å²) in [6.07, 6.45) is 8.18. The van der Waals surface area contributed by atoms with Crippen LogP contribution in [0.5, 0.6) is 0 Å². The number of aryl methyl sites for hydroxylation is 2. The molecule has 2 aromatic heterocycles. The van der Waals surface area contributed by atoms with Crippen molar-refractivity contribution in [3.05, 3.63) is 106 Å². The lowest BCUT2D eigenvalue weighted by Crippen LogP contribution is -2.66. The third-order valence-electron chi connectivity index (χ3n) is 13.7. The van der Waals surface area contributed by atoms with Crippen LogP contribution in [0.1, 0.15) is 69.1 Å². The summed E-state index contributed by atoms with van der Waals surface area (Å²) < 4.78 is 60.6. The summed E-state index contributed by atoms with van der Waals surface area (Å²) in [5.41, 5.74) is 0.716. The Hall–Kier alpha value is -4.00. The van der Waals surface area contributed by atoms with E-state index in [1.807, 2.05) is 38.1 Å². The average Bonchev–Trinajstić information content (AvgIpc) is 3.81. The molecule has 4 aromatic rings. The summed E-state index contributed by atoms with van der Waals surface area (Å²) in [7, 11) is 3.81. The minimum absolute atomic E-state index is 0.0315. The summed E-state index contributed by atoms with van der Waals surface area (Å²) >= 11 is 0. The number of piperidine rings is 1. The first-order chi connectivity index (χ1) is 25.9. The number of fused-ring (bicyclic) bond motifs is 1. The van der Waals surface area contributed by atoms with E-state index in [0.717, 1.165) is 45.6 Å². The number of halogens is 2. The monoisotopic (exact) mass is 723 g/mol. The molecule has 53 heavy (non-hydrogen) atoms. The molecule has 10 rings (SSSR count). The van der Waals surface area contributed by atoms with Gasteiger partial charge in [-0.2, -0.15) is 0 Å². The minimum atomic E-state index is -1.67. The van der Waals surface area contributed by atoms with Crippen molar-refractivity contribution in [2.75, 3.05) is 20.7 Å². The first-order valence-corrected chi connectivity index (χ1v) is 18.7. The molecule has 0 amide bonds. The summed E-state index contributed by atoms with van der Waals surface area (Å²) in [6.45, 7) is 4.45. The number of imidazole rings is 1. The molecule has 2 N–H and O–H groups in total. The number of rotatable bonds is 5. The van der Waals surface area contributed by atoms with E-state index < -0.39 is 46.2 Å². The van der Waals surface area contributed by atoms with Crippen molar-refractivity contribution in [2.45, 2.75) is 93.9 Å². The van der Waals surface area contributed by atoms with Gasteiger partial charge in [0.15, 0.2) is 17.2 Å². The number of nitrogens with zero attached hydrogens (tertiary/aromatic N) is 4. The van der Waals surface area contributed by atoms with Crippen molar-refractivity contribution in [2.24, 2.45) is 11.3 Å². The van der Waals surface area contributed by atoms with Gasteiger partial charge in [-0.15, -0.1) is 0 Å². The Morgan fingerprint density at radius 2 is 1.81 bits per heavy atom. The van der Waals surface area contributed by atoms with Crippen molar-refractivity contribution in [1.82, 2.24) is 19.6 Å². The summed E-state index contributed by atoms with van der Waals surface area (Å²) in [5.74, 6) is -1.11. The molecule has 2 aromatic carbocycles. The van der Waals surface area contributed by atoms with Gasteiger partial charge in [0.2, 0.25) is 0 Å². The van der Waals surface area contributed by atoms with E-state index in [2.05, 4.69) is 27.7 Å². The molecule has 4 heterocycles. The second kappa shape index (κ2) is 11.3. The number of benzene rings is 2. The highest BCUT2D eigenvalue weighted by atomic mass is 19.2. The number of hydrogen-bond acceptors (Lipinski definition) is 8. The van der Waals surface area contributed by atoms with Crippen LogP contribution in [0.3, 0.4) is 0 Å². The number of ether oxygens (including phenoxy) is 2. The maximum Gasteiger partial charge on any atom is 0.167 e. The first-order valence-electron chi connectivity index (χ1n) is 19.3. The number of aliphatic hydroxyl groups is 2. The fourth-order valence-corrected chi connectivity index (χ4v) is 11.5. The Kier molecular flexibility index (Phi) is 6.90. The molecule has 9 nitrogen and oxygen atoms in total. The summed E-state index contributed by atoms with van der Waals surface area (Å²) in [6, 6.07) is 9.78. The van der Waals surface area contributed by atoms with Gasteiger partial charge in [-0.25, -0.2) is 13.8 Å². The molecular weight excluding hydrogens is 678 g/mol. The number of methoxy groups -OCH3 is 1. The lowest BCUT2D eigenvalue weighted by atomic mass is 9.46. The molecule has 2 aliphatic heterocycles. The molecular formula is C42H44F2N4O5. The molecule has 2 saturated heterocycles. The predicted octanol–water partition coefficient (Wildman–Crippen LogP) is 6.84. The van der Waals surface area contributed by atoms with E-state index in [4.69, 9.17) is 20.4 Å². The van der Waals surface area contributed by atoms with Gasteiger partial charge >= 0.3 is 0 Å². The molecule has 4 aliphatic carbocycles. The standard InChI is InChI=1S/C42H44F2N4O5/c1-23-36(24(2)52-46-23)25-8-13-32-31(20-25)45-38(48(32)39(51-4)16-6-5-7-17-39)42-35(50)15-11-28-33-21-26-9-14-34(49)41(53-42,27-10-12-29(43)30(44)22-27)37(26)40(28,42)18-19-47(33)3/h8-15,20,22,28,33-35,49-50H,5-7,16-19,21H2,1-4H3/t28-,33+,34?,35-,40-,41?,42+/m0/s1/i5D/t5?,28-,33+,34?,35-,39?,40-,41?,42+. The highest BCUT2D eigenvalue weighted by Crippen LogP contribution is 2.76. The van der Waals surface area contributed by atoms with Gasteiger partial charge < -0.3 is 29.1 Å².